The Morgan fingerprint density at radius 3 is 1.55 bits per heavy atom. The van der Waals surface area contributed by atoms with Crippen molar-refractivity contribution in [2.75, 3.05) is 4.90 Å². The Hall–Kier alpha value is -7.15. The number of fused-ring (bicyclic) bond motifs is 11. The molecule has 0 fully saturated rings. The number of furan rings is 3. The summed E-state index contributed by atoms with van der Waals surface area (Å²) in [5.74, 6) is 0. The van der Waals surface area contributed by atoms with Crippen LogP contribution in [0.25, 0.3) is 97.7 Å². The van der Waals surface area contributed by atoms with Gasteiger partial charge < -0.3 is 18.2 Å². The molecule has 4 heterocycles. The summed E-state index contributed by atoms with van der Waals surface area (Å²) in [7, 11) is 0. The van der Waals surface area contributed by atoms with Gasteiger partial charge in [0.25, 0.3) is 0 Å². The molecule has 0 N–H and O–H groups in total. The minimum atomic E-state index is 0.837. The number of thiazole rings is 1. The zero-order valence-electron chi connectivity index (χ0n) is 29.2. The van der Waals surface area contributed by atoms with Gasteiger partial charge in [-0.3, -0.25) is 0 Å². The van der Waals surface area contributed by atoms with E-state index in [1.54, 1.807) is 11.3 Å². The molecule has 4 aromatic heterocycles. The average Bonchev–Trinajstić information content (AvgIpc) is 4.02. The second-order valence-electron chi connectivity index (χ2n) is 13.9. The molecule has 0 bridgehead atoms. The Labute approximate surface area is 317 Å². The zero-order chi connectivity index (χ0) is 36.0. The van der Waals surface area contributed by atoms with Gasteiger partial charge in [-0.25, -0.2) is 4.98 Å². The smallest absolute Gasteiger partial charge is 0.137 e. The lowest BCUT2D eigenvalue weighted by Gasteiger charge is -2.25. The van der Waals surface area contributed by atoms with Crippen molar-refractivity contribution in [3.63, 3.8) is 0 Å². The molecule has 12 rings (SSSR count). The number of nitrogens with zero attached hydrogens (tertiary/aromatic N) is 2. The molecule has 258 valence electrons. The molecule has 5 nitrogen and oxygen atoms in total. The normalized spacial score (nSPS) is 12.0. The molecule has 0 saturated carbocycles. The van der Waals surface area contributed by atoms with E-state index < -0.39 is 0 Å². The van der Waals surface area contributed by atoms with Gasteiger partial charge in [0.05, 0.1) is 10.2 Å². The molecule has 8 aromatic carbocycles. The van der Waals surface area contributed by atoms with Crippen LogP contribution >= 0.6 is 11.3 Å². The summed E-state index contributed by atoms with van der Waals surface area (Å²) in [4.78, 5) is 7.55. The minimum Gasteiger partial charge on any atom is -0.456 e. The zero-order valence-corrected chi connectivity index (χ0v) is 30.0. The first-order valence-electron chi connectivity index (χ1n) is 18.3. The van der Waals surface area contributed by atoms with E-state index in [2.05, 4.69) is 132 Å². The van der Waals surface area contributed by atoms with Crippen molar-refractivity contribution in [1.29, 1.82) is 0 Å². The Balaban J connectivity index is 1.04. The summed E-state index contributed by atoms with van der Waals surface area (Å²) in [5, 5.41) is 7.59. The predicted molar refractivity (Wildman–Crippen MR) is 227 cm³/mol. The highest BCUT2D eigenvalue weighted by Crippen LogP contribution is 2.46. The van der Waals surface area contributed by atoms with E-state index in [9.17, 15) is 0 Å². The SMILES string of the molecule is c1ccc(-c2nc3c(-c4ccc(N(c5ccc6c(c5)oc5ccccc56)c5ccc6c(c5)oc5ccccc56)cc4)cc4oc5ccccc5c4c3s2)cc1. The summed E-state index contributed by atoms with van der Waals surface area (Å²) >= 11 is 1.72. The van der Waals surface area contributed by atoms with Crippen LogP contribution in [0.3, 0.4) is 0 Å². The number of hydrogen-bond acceptors (Lipinski definition) is 6. The Kier molecular flexibility index (Phi) is 6.44. The van der Waals surface area contributed by atoms with Gasteiger partial charge in [0.15, 0.2) is 0 Å². The van der Waals surface area contributed by atoms with Gasteiger partial charge in [-0.15, -0.1) is 11.3 Å². The van der Waals surface area contributed by atoms with Crippen molar-refractivity contribution in [3.8, 4) is 21.7 Å². The maximum absolute atomic E-state index is 6.48. The molecular formula is C49H28N2O3S. The van der Waals surface area contributed by atoms with Gasteiger partial charge in [-0.1, -0.05) is 97.1 Å². The first-order valence-corrected chi connectivity index (χ1v) is 19.1. The summed E-state index contributed by atoms with van der Waals surface area (Å²) in [6.07, 6.45) is 0. The van der Waals surface area contributed by atoms with Crippen LogP contribution in [-0.4, -0.2) is 4.98 Å². The third-order valence-electron chi connectivity index (χ3n) is 10.7. The largest absolute Gasteiger partial charge is 0.456 e. The number of anilines is 3. The van der Waals surface area contributed by atoms with Crippen molar-refractivity contribution in [1.82, 2.24) is 4.98 Å². The number of aromatic nitrogens is 1. The summed E-state index contributed by atoms with van der Waals surface area (Å²) in [5.41, 5.74) is 12.3. The van der Waals surface area contributed by atoms with Crippen molar-refractivity contribution >= 4 is 104 Å². The quantitative estimate of drug-likeness (QED) is 0.177. The first kappa shape index (κ1) is 30.3. The molecule has 0 aliphatic carbocycles. The minimum absolute atomic E-state index is 0.837. The Bertz CT molecular complexity index is 3330. The highest BCUT2D eigenvalue weighted by Gasteiger charge is 2.21. The average molecular weight is 725 g/mol. The highest BCUT2D eigenvalue weighted by atomic mass is 32.1. The van der Waals surface area contributed by atoms with E-state index in [0.717, 1.165) is 115 Å². The van der Waals surface area contributed by atoms with E-state index in [1.807, 2.05) is 42.5 Å². The van der Waals surface area contributed by atoms with E-state index in [1.165, 1.54) is 0 Å². The molecule has 0 aliphatic rings. The molecular weight excluding hydrogens is 697 g/mol. The van der Waals surface area contributed by atoms with Crippen LogP contribution in [0.5, 0.6) is 0 Å². The van der Waals surface area contributed by atoms with Gasteiger partial charge in [-0.05, 0) is 66.2 Å². The highest BCUT2D eigenvalue weighted by molar-refractivity contribution is 7.22. The molecule has 0 radical (unpaired) electrons. The second kappa shape index (κ2) is 11.7. The fourth-order valence-corrected chi connectivity index (χ4v) is 9.29. The molecule has 0 saturated heterocycles. The predicted octanol–water partition coefficient (Wildman–Crippen LogP) is 14.8. The molecule has 0 atom stereocenters. The van der Waals surface area contributed by atoms with E-state index in [-0.39, 0.29) is 0 Å². The van der Waals surface area contributed by atoms with Gasteiger partial charge in [-0.2, -0.15) is 0 Å². The summed E-state index contributed by atoms with van der Waals surface area (Å²) in [6, 6.07) is 58.8. The standard InChI is InChI=1S/C49H28N2O3S/c1-2-10-30(11-3-1)49-50-47-39(28-45-46(48(47)55-49)38-14-6-9-17-42(38)54-45)29-18-20-31(21-19-29)51(32-22-24-36-34-12-4-7-15-40(34)52-43(36)26-32)33-23-25-37-35-13-5-8-16-41(35)53-44(37)27-33/h1-28H. The Morgan fingerprint density at radius 2 is 0.909 bits per heavy atom. The number of para-hydroxylation sites is 3. The van der Waals surface area contributed by atoms with Crippen LogP contribution < -0.4 is 4.90 Å². The van der Waals surface area contributed by atoms with Crippen molar-refractivity contribution in [2.24, 2.45) is 0 Å². The fraction of sp³-hybridized carbons (Fsp3) is 0. The number of rotatable bonds is 5. The molecule has 6 heteroatoms. The third kappa shape index (κ3) is 4.68. The van der Waals surface area contributed by atoms with Crippen LogP contribution in [0.1, 0.15) is 0 Å². The van der Waals surface area contributed by atoms with Gasteiger partial charge in [0.1, 0.15) is 38.5 Å². The number of benzene rings is 8. The monoisotopic (exact) mass is 724 g/mol. The van der Waals surface area contributed by atoms with Crippen molar-refractivity contribution < 1.29 is 13.3 Å². The second-order valence-corrected chi connectivity index (χ2v) is 14.9. The van der Waals surface area contributed by atoms with Crippen LogP contribution in [-0.2, 0) is 0 Å². The third-order valence-corrected chi connectivity index (χ3v) is 11.8. The van der Waals surface area contributed by atoms with Gasteiger partial charge in [0.2, 0.25) is 0 Å². The Morgan fingerprint density at radius 1 is 0.400 bits per heavy atom. The topological polar surface area (TPSA) is 55.6 Å². The lowest BCUT2D eigenvalue weighted by molar-refractivity contribution is 0.668. The lowest BCUT2D eigenvalue weighted by atomic mass is 10.0. The summed E-state index contributed by atoms with van der Waals surface area (Å²) in [6.45, 7) is 0. The van der Waals surface area contributed by atoms with Crippen LogP contribution in [0.15, 0.2) is 183 Å². The van der Waals surface area contributed by atoms with Crippen LogP contribution in [0, 0.1) is 0 Å². The molecule has 0 aliphatic heterocycles. The first-order chi connectivity index (χ1) is 27.2. The van der Waals surface area contributed by atoms with Crippen LogP contribution in [0.2, 0.25) is 0 Å². The van der Waals surface area contributed by atoms with E-state index >= 15 is 0 Å². The molecule has 12 aromatic rings. The molecule has 0 amide bonds. The fourth-order valence-electron chi connectivity index (χ4n) is 8.14. The molecule has 0 spiro atoms. The van der Waals surface area contributed by atoms with Crippen LogP contribution in [0.4, 0.5) is 17.1 Å². The maximum Gasteiger partial charge on any atom is 0.137 e. The van der Waals surface area contributed by atoms with Gasteiger partial charge in [0, 0.05) is 72.6 Å². The summed E-state index contributed by atoms with van der Waals surface area (Å²) < 4.78 is 20.4. The van der Waals surface area contributed by atoms with E-state index in [0.29, 0.717) is 0 Å². The molecule has 0 unspecified atom stereocenters. The molecule has 55 heavy (non-hydrogen) atoms. The lowest BCUT2D eigenvalue weighted by Crippen LogP contribution is -2.09. The number of hydrogen-bond donors (Lipinski definition) is 0. The van der Waals surface area contributed by atoms with Crippen molar-refractivity contribution in [2.45, 2.75) is 0 Å². The van der Waals surface area contributed by atoms with E-state index in [4.69, 9.17) is 18.2 Å². The van der Waals surface area contributed by atoms with Crippen molar-refractivity contribution in [3.05, 3.63) is 170 Å². The maximum atomic E-state index is 6.48. The van der Waals surface area contributed by atoms with Gasteiger partial charge >= 0.3 is 0 Å².